The van der Waals surface area contributed by atoms with Crippen LogP contribution in [0, 0.1) is 6.92 Å². The second kappa shape index (κ2) is 4.30. The third-order valence-corrected chi connectivity index (χ3v) is 3.53. The largest absolute Gasteiger partial charge is 0.298 e. The predicted octanol–water partition coefficient (Wildman–Crippen LogP) is 4.62. The molecule has 0 bridgehead atoms. The Balaban J connectivity index is 2.38. The molecule has 0 atom stereocenters. The minimum absolute atomic E-state index is 0.503. The van der Waals surface area contributed by atoms with E-state index in [1.165, 1.54) is 0 Å². The first-order valence-electron chi connectivity index (χ1n) is 5.56. The fourth-order valence-corrected chi connectivity index (χ4v) is 2.63. The normalized spacial score (nSPS) is 11.1. The molecular weight excluding hydrogens is 267 g/mol. The Hall–Kier alpha value is -1.51. The van der Waals surface area contributed by atoms with Crippen LogP contribution in [0.3, 0.4) is 0 Å². The molecule has 0 spiro atoms. The molecule has 18 heavy (non-hydrogen) atoms. The van der Waals surface area contributed by atoms with E-state index in [0.717, 1.165) is 22.5 Å². The Labute approximate surface area is 115 Å². The highest BCUT2D eigenvalue weighted by Gasteiger charge is 2.14. The summed E-state index contributed by atoms with van der Waals surface area (Å²) in [6.07, 6.45) is 1.94. The number of nitrogens with zero attached hydrogens (tertiary/aromatic N) is 2. The monoisotopic (exact) mass is 276 g/mol. The molecule has 0 radical (unpaired) electrons. The van der Waals surface area contributed by atoms with Crippen molar-refractivity contribution in [2.24, 2.45) is 0 Å². The molecule has 4 heteroatoms. The number of hydrogen-bond acceptors (Lipinski definition) is 1. The Morgan fingerprint density at radius 2 is 1.83 bits per heavy atom. The third-order valence-electron chi connectivity index (χ3n) is 2.94. The van der Waals surface area contributed by atoms with E-state index in [1.54, 1.807) is 0 Å². The summed E-state index contributed by atoms with van der Waals surface area (Å²) >= 11 is 12.4. The predicted molar refractivity (Wildman–Crippen MR) is 75.4 cm³/mol. The van der Waals surface area contributed by atoms with E-state index < -0.39 is 0 Å². The highest BCUT2D eigenvalue weighted by molar-refractivity contribution is 6.34. The van der Waals surface area contributed by atoms with Crippen LogP contribution in [-0.2, 0) is 0 Å². The van der Waals surface area contributed by atoms with E-state index >= 15 is 0 Å². The molecule has 0 N–H and O–H groups in total. The van der Waals surface area contributed by atoms with Crippen molar-refractivity contribution in [2.45, 2.75) is 6.92 Å². The number of benzene rings is 1. The Morgan fingerprint density at radius 3 is 2.61 bits per heavy atom. The van der Waals surface area contributed by atoms with Crippen LogP contribution in [-0.4, -0.2) is 9.38 Å². The second-order valence-electron chi connectivity index (χ2n) is 4.12. The Kier molecular flexibility index (Phi) is 2.77. The van der Waals surface area contributed by atoms with Gasteiger partial charge in [0.25, 0.3) is 0 Å². The number of fused-ring (bicyclic) bond motifs is 1. The lowest BCUT2D eigenvalue weighted by Gasteiger charge is -2.04. The van der Waals surface area contributed by atoms with Gasteiger partial charge in [0.15, 0.2) is 5.15 Å². The van der Waals surface area contributed by atoms with Gasteiger partial charge in [-0.15, -0.1) is 0 Å². The summed E-state index contributed by atoms with van der Waals surface area (Å²) in [5.74, 6) is 0.768. The molecule has 3 rings (SSSR count). The smallest absolute Gasteiger partial charge is 0.155 e. The molecule has 0 amide bonds. The van der Waals surface area contributed by atoms with Crippen LogP contribution in [0.5, 0.6) is 0 Å². The molecule has 1 aromatic carbocycles. The van der Waals surface area contributed by atoms with Gasteiger partial charge in [0.2, 0.25) is 0 Å². The van der Waals surface area contributed by atoms with Gasteiger partial charge in [0, 0.05) is 11.8 Å². The fraction of sp³-hybridized carbons (Fsp3) is 0.0714. The topological polar surface area (TPSA) is 17.3 Å². The molecule has 0 aliphatic carbocycles. The molecule has 0 saturated heterocycles. The summed E-state index contributed by atoms with van der Waals surface area (Å²) in [5.41, 5.74) is 2.90. The zero-order valence-electron chi connectivity index (χ0n) is 9.69. The summed E-state index contributed by atoms with van der Waals surface area (Å²) in [5, 5.41) is 1.17. The molecule has 0 unspecified atom stereocenters. The quantitative estimate of drug-likeness (QED) is 0.634. The van der Waals surface area contributed by atoms with E-state index in [2.05, 4.69) is 4.98 Å². The molecule has 0 aliphatic rings. The van der Waals surface area contributed by atoms with Crippen LogP contribution in [0.4, 0.5) is 0 Å². The number of halogens is 2. The van der Waals surface area contributed by atoms with Crippen molar-refractivity contribution in [3.05, 3.63) is 58.3 Å². The number of imidazole rings is 1. The van der Waals surface area contributed by atoms with Gasteiger partial charge in [-0.2, -0.15) is 0 Å². The molecule has 2 nitrogen and oxygen atoms in total. The number of hydrogen-bond donors (Lipinski definition) is 0. The standard InChI is InChI=1S/C14H10Cl2N2/c1-9-5-4-8-18-12(9)13(16)17-14(18)10-6-2-3-7-11(10)15/h2-8H,1H3. The Bertz CT molecular complexity index is 732. The van der Waals surface area contributed by atoms with Crippen molar-refractivity contribution in [2.75, 3.05) is 0 Å². The van der Waals surface area contributed by atoms with Gasteiger partial charge >= 0.3 is 0 Å². The van der Waals surface area contributed by atoms with Crippen molar-refractivity contribution in [3.63, 3.8) is 0 Å². The molecule has 2 heterocycles. The first kappa shape index (κ1) is 11.6. The van der Waals surface area contributed by atoms with E-state index in [9.17, 15) is 0 Å². The maximum atomic E-state index is 6.21. The lowest BCUT2D eigenvalue weighted by atomic mass is 10.2. The minimum Gasteiger partial charge on any atom is -0.298 e. The van der Waals surface area contributed by atoms with Gasteiger partial charge in [-0.25, -0.2) is 4.98 Å². The van der Waals surface area contributed by atoms with Gasteiger partial charge in [0.05, 0.1) is 10.5 Å². The third kappa shape index (κ3) is 1.69. The number of aromatic nitrogens is 2. The molecular formula is C14H10Cl2N2. The molecule has 0 fully saturated rings. The van der Waals surface area contributed by atoms with Gasteiger partial charge in [-0.3, -0.25) is 4.40 Å². The minimum atomic E-state index is 0.503. The highest BCUT2D eigenvalue weighted by Crippen LogP contribution is 2.31. The van der Waals surface area contributed by atoms with Crippen molar-refractivity contribution >= 4 is 28.7 Å². The van der Waals surface area contributed by atoms with Gasteiger partial charge in [-0.1, -0.05) is 41.4 Å². The van der Waals surface area contributed by atoms with Crippen LogP contribution in [0.1, 0.15) is 5.56 Å². The number of rotatable bonds is 1. The number of aryl methyl sites for hydroxylation is 1. The zero-order chi connectivity index (χ0) is 12.7. The number of pyridine rings is 1. The van der Waals surface area contributed by atoms with Crippen LogP contribution >= 0.6 is 23.2 Å². The van der Waals surface area contributed by atoms with E-state index in [4.69, 9.17) is 23.2 Å². The average Bonchev–Trinajstić information content (AvgIpc) is 2.69. The van der Waals surface area contributed by atoms with Crippen LogP contribution < -0.4 is 0 Å². The highest BCUT2D eigenvalue weighted by atomic mass is 35.5. The van der Waals surface area contributed by atoms with Crippen molar-refractivity contribution in [1.29, 1.82) is 0 Å². The lowest BCUT2D eigenvalue weighted by molar-refractivity contribution is 1.15. The molecule has 0 aliphatic heterocycles. The average molecular weight is 277 g/mol. The van der Waals surface area contributed by atoms with Crippen molar-refractivity contribution in [1.82, 2.24) is 9.38 Å². The van der Waals surface area contributed by atoms with Crippen LogP contribution in [0.2, 0.25) is 10.2 Å². The van der Waals surface area contributed by atoms with Crippen LogP contribution in [0.25, 0.3) is 16.9 Å². The van der Waals surface area contributed by atoms with Gasteiger partial charge < -0.3 is 0 Å². The van der Waals surface area contributed by atoms with Crippen molar-refractivity contribution in [3.8, 4) is 11.4 Å². The van der Waals surface area contributed by atoms with E-state index in [1.807, 2.05) is 53.9 Å². The van der Waals surface area contributed by atoms with Crippen LogP contribution in [0.15, 0.2) is 42.6 Å². The molecule has 90 valence electrons. The maximum Gasteiger partial charge on any atom is 0.155 e. The zero-order valence-corrected chi connectivity index (χ0v) is 11.2. The summed E-state index contributed by atoms with van der Waals surface area (Å²) in [6.45, 7) is 2.01. The fourth-order valence-electron chi connectivity index (χ4n) is 2.09. The summed E-state index contributed by atoms with van der Waals surface area (Å²) in [6, 6.07) is 11.6. The molecule has 0 saturated carbocycles. The Morgan fingerprint density at radius 1 is 1.06 bits per heavy atom. The SMILES string of the molecule is Cc1cccn2c(-c3ccccc3Cl)nc(Cl)c12. The van der Waals surface area contributed by atoms with Gasteiger partial charge in [0.1, 0.15) is 5.82 Å². The summed E-state index contributed by atoms with van der Waals surface area (Å²) < 4.78 is 1.97. The summed E-state index contributed by atoms with van der Waals surface area (Å²) in [7, 11) is 0. The first-order valence-corrected chi connectivity index (χ1v) is 6.32. The molecule has 3 aromatic rings. The second-order valence-corrected chi connectivity index (χ2v) is 4.88. The van der Waals surface area contributed by atoms with E-state index in [0.29, 0.717) is 10.2 Å². The maximum absolute atomic E-state index is 6.21. The van der Waals surface area contributed by atoms with Crippen molar-refractivity contribution < 1.29 is 0 Å². The van der Waals surface area contributed by atoms with E-state index in [-0.39, 0.29) is 0 Å². The first-order chi connectivity index (χ1) is 8.68. The summed E-state index contributed by atoms with van der Waals surface area (Å²) in [4.78, 5) is 4.43. The van der Waals surface area contributed by atoms with Gasteiger partial charge in [-0.05, 0) is 30.7 Å². The lowest BCUT2D eigenvalue weighted by Crippen LogP contribution is -1.90. The molecule has 2 aromatic heterocycles.